The number of carbonyl (C=O) groups is 1. The van der Waals surface area contributed by atoms with Crippen molar-refractivity contribution in [2.24, 2.45) is 0 Å². The van der Waals surface area contributed by atoms with E-state index in [0.29, 0.717) is 22.6 Å². The van der Waals surface area contributed by atoms with E-state index in [-0.39, 0.29) is 17.2 Å². The molecule has 4 aromatic rings. The smallest absolute Gasteiger partial charge is 0.292 e. The summed E-state index contributed by atoms with van der Waals surface area (Å²) < 4.78 is 42.0. The van der Waals surface area contributed by atoms with Crippen LogP contribution in [0, 0.1) is 0 Å². The summed E-state index contributed by atoms with van der Waals surface area (Å²) in [5.74, 6) is 0.550. The molecule has 0 atom stereocenters. The van der Waals surface area contributed by atoms with Gasteiger partial charge < -0.3 is 19.2 Å². The fraction of sp³-hybridized carbons (Fsp3) is 0.125. The predicted molar refractivity (Wildman–Crippen MR) is 128 cm³/mol. The molecule has 0 aliphatic carbocycles. The van der Waals surface area contributed by atoms with Crippen molar-refractivity contribution in [2.45, 2.75) is 0 Å². The molecule has 0 radical (unpaired) electrons. The van der Waals surface area contributed by atoms with Crippen molar-refractivity contribution in [1.29, 1.82) is 0 Å². The number of ether oxygens (including phenoxy) is 2. The van der Waals surface area contributed by atoms with Crippen LogP contribution in [0.1, 0.15) is 10.6 Å². The third kappa shape index (κ3) is 4.78. The van der Waals surface area contributed by atoms with Crippen LogP contribution in [0.25, 0.3) is 22.1 Å². The molecule has 1 aromatic heterocycles. The average Bonchev–Trinajstić information content (AvgIpc) is 3.18. The molecule has 0 saturated heterocycles. The number of anilines is 2. The Morgan fingerprint density at radius 2 is 1.70 bits per heavy atom. The number of benzene rings is 3. The SMILES string of the molecule is COc1ccc2c(-c3ccccc3)c(C(=O)Nc3ccc(NS(C)(=O)=O)c(OC)c3)oc2c1. The lowest BCUT2D eigenvalue weighted by atomic mass is 10.0. The molecule has 9 heteroatoms. The largest absolute Gasteiger partial charge is 0.497 e. The molecule has 3 aromatic carbocycles. The van der Waals surface area contributed by atoms with Crippen molar-refractivity contribution < 1.29 is 27.1 Å². The first kappa shape index (κ1) is 22.2. The van der Waals surface area contributed by atoms with E-state index in [1.165, 1.54) is 19.2 Å². The Kier molecular flexibility index (Phi) is 5.97. The molecule has 1 heterocycles. The number of amides is 1. The van der Waals surface area contributed by atoms with Gasteiger partial charge in [-0.1, -0.05) is 30.3 Å². The first-order valence-corrected chi connectivity index (χ1v) is 11.8. The van der Waals surface area contributed by atoms with Gasteiger partial charge in [0.1, 0.15) is 17.1 Å². The first-order chi connectivity index (χ1) is 15.8. The van der Waals surface area contributed by atoms with Gasteiger partial charge in [-0.15, -0.1) is 0 Å². The van der Waals surface area contributed by atoms with E-state index in [1.807, 2.05) is 42.5 Å². The Hall–Kier alpha value is -3.98. The molecule has 0 fully saturated rings. The van der Waals surface area contributed by atoms with Gasteiger partial charge in [-0.3, -0.25) is 9.52 Å². The highest BCUT2D eigenvalue weighted by Gasteiger charge is 2.23. The topological polar surface area (TPSA) is 107 Å². The normalized spacial score (nSPS) is 11.2. The molecule has 2 N–H and O–H groups in total. The molecule has 1 amide bonds. The Morgan fingerprint density at radius 1 is 0.939 bits per heavy atom. The van der Waals surface area contributed by atoms with Crippen molar-refractivity contribution >= 4 is 38.3 Å². The van der Waals surface area contributed by atoms with Crippen LogP contribution in [0.4, 0.5) is 11.4 Å². The highest BCUT2D eigenvalue weighted by Crippen LogP contribution is 2.37. The average molecular weight is 467 g/mol. The third-order valence-electron chi connectivity index (χ3n) is 4.92. The minimum absolute atomic E-state index is 0.141. The van der Waals surface area contributed by atoms with Crippen LogP contribution in [0.3, 0.4) is 0 Å². The maximum atomic E-state index is 13.3. The van der Waals surface area contributed by atoms with Gasteiger partial charge in [0.25, 0.3) is 5.91 Å². The Labute approximate surface area is 191 Å². The summed E-state index contributed by atoms with van der Waals surface area (Å²) in [5, 5.41) is 3.58. The van der Waals surface area contributed by atoms with Crippen molar-refractivity contribution in [3.8, 4) is 22.6 Å². The van der Waals surface area contributed by atoms with Crippen LogP contribution in [0.5, 0.6) is 11.5 Å². The molecule has 0 aliphatic rings. The second kappa shape index (κ2) is 8.87. The van der Waals surface area contributed by atoms with E-state index in [2.05, 4.69) is 10.0 Å². The van der Waals surface area contributed by atoms with E-state index in [9.17, 15) is 13.2 Å². The number of hydrogen-bond acceptors (Lipinski definition) is 6. The van der Waals surface area contributed by atoms with Gasteiger partial charge in [0, 0.05) is 28.8 Å². The van der Waals surface area contributed by atoms with E-state index in [0.717, 1.165) is 17.2 Å². The second-order valence-electron chi connectivity index (χ2n) is 7.28. The highest BCUT2D eigenvalue weighted by molar-refractivity contribution is 7.92. The number of nitrogens with one attached hydrogen (secondary N) is 2. The van der Waals surface area contributed by atoms with Gasteiger partial charge in [-0.25, -0.2) is 8.42 Å². The molecular weight excluding hydrogens is 444 g/mol. The summed E-state index contributed by atoms with van der Waals surface area (Å²) in [4.78, 5) is 13.3. The monoisotopic (exact) mass is 466 g/mol. The van der Waals surface area contributed by atoms with Crippen LogP contribution in [-0.4, -0.2) is 34.8 Å². The first-order valence-electron chi connectivity index (χ1n) is 9.92. The van der Waals surface area contributed by atoms with Gasteiger partial charge in [0.05, 0.1) is 26.2 Å². The Bertz CT molecular complexity index is 1430. The Balaban J connectivity index is 1.74. The van der Waals surface area contributed by atoms with Gasteiger partial charge in [0.15, 0.2) is 0 Å². The highest BCUT2D eigenvalue weighted by atomic mass is 32.2. The van der Waals surface area contributed by atoms with Gasteiger partial charge in [0.2, 0.25) is 15.8 Å². The van der Waals surface area contributed by atoms with Crippen molar-refractivity contribution in [2.75, 3.05) is 30.5 Å². The number of rotatable bonds is 7. The summed E-state index contributed by atoms with van der Waals surface area (Å²) in [6.45, 7) is 0. The molecule has 0 saturated carbocycles. The quantitative estimate of drug-likeness (QED) is 0.407. The minimum Gasteiger partial charge on any atom is -0.497 e. The Morgan fingerprint density at radius 3 is 2.36 bits per heavy atom. The van der Waals surface area contributed by atoms with E-state index in [4.69, 9.17) is 13.9 Å². The molecule has 0 unspecified atom stereocenters. The summed E-state index contributed by atoms with van der Waals surface area (Å²) in [6, 6.07) is 19.5. The van der Waals surface area contributed by atoms with E-state index in [1.54, 1.807) is 19.2 Å². The predicted octanol–water partition coefficient (Wildman–Crippen LogP) is 4.74. The summed E-state index contributed by atoms with van der Waals surface area (Å²) in [5.41, 5.74) is 2.68. The molecular formula is C24H22N2O6S. The van der Waals surface area contributed by atoms with Crippen LogP contribution >= 0.6 is 0 Å². The lowest BCUT2D eigenvalue weighted by molar-refractivity contribution is 0.0999. The second-order valence-corrected chi connectivity index (χ2v) is 9.03. The lowest BCUT2D eigenvalue weighted by Gasteiger charge is -2.12. The maximum Gasteiger partial charge on any atom is 0.292 e. The molecule has 0 aliphatic heterocycles. The molecule has 4 rings (SSSR count). The van der Waals surface area contributed by atoms with Crippen molar-refractivity contribution in [1.82, 2.24) is 0 Å². The van der Waals surface area contributed by atoms with Crippen molar-refractivity contribution in [3.63, 3.8) is 0 Å². The van der Waals surface area contributed by atoms with Crippen molar-refractivity contribution in [3.05, 3.63) is 72.5 Å². The van der Waals surface area contributed by atoms with Gasteiger partial charge in [-0.05, 0) is 29.8 Å². The number of methoxy groups -OCH3 is 2. The van der Waals surface area contributed by atoms with Crippen LogP contribution in [0.2, 0.25) is 0 Å². The molecule has 170 valence electrons. The van der Waals surface area contributed by atoms with Crippen LogP contribution < -0.4 is 19.5 Å². The zero-order chi connectivity index (χ0) is 23.6. The number of carbonyl (C=O) groups excluding carboxylic acids is 1. The fourth-order valence-corrected chi connectivity index (χ4v) is 4.06. The van der Waals surface area contributed by atoms with Crippen LogP contribution in [-0.2, 0) is 10.0 Å². The molecule has 8 nitrogen and oxygen atoms in total. The third-order valence-corrected chi connectivity index (χ3v) is 5.51. The minimum atomic E-state index is -3.49. The number of fused-ring (bicyclic) bond motifs is 1. The van der Waals surface area contributed by atoms with E-state index < -0.39 is 15.9 Å². The standard InChI is InChI=1S/C24H22N2O6S/c1-30-17-10-11-18-20(14-17)32-23(22(18)15-7-5-4-6-8-15)24(27)25-16-9-12-19(21(13-16)31-2)26-33(3,28)29/h4-14,26H,1-3H3,(H,25,27). The van der Waals surface area contributed by atoms with E-state index >= 15 is 0 Å². The van der Waals surface area contributed by atoms with Gasteiger partial charge >= 0.3 is 0 Å². The van der Waals surface area contributed by atoms with Gasteiger partial charge in [-0.2, -0.15) is 0 Å². The zero-order valence-corrected chi connectivity index (χ0v) is 19.0. The summed E-state index contributed by atoms with van der Waals surface area (Å²) >= 11 is 0. The number of furan rings is 1. The fourth-order valence-electron chi connectivity index (χ4n) is 3.50. The zero-order valence-electron chi connectivity index (χ0n) is 18.2. The molecule has 0 bridgehead atoms. The number of sulfonamides is 1. The number of hydrogen-bond donors (Lipinski definition) is 2. The summed E-state index contributed by atoms with van der Waals surface area (Å²) in [6.07, 6.45) is 1.05. The molecule has 33 heavy (non-hydrogen) atoms. The van der Waals surface area contributed by atoms with Crippen LogP contribution in [0.15, 0.2) is 71.1 Å². The lowest BCUT2D eigenvalue weighted by Crippen LogP contribution is -2.13. The maximum absolute atomic E-state index is 13.3. The molecule has 0 spiro atoms. The summed E-state index contributed by atoms with van der Waals surface area (Å²) in [7, 11) is -0.516.